The lowest BCUT2D eigenvalue weighted by atomic mass is 10.3. The van der Waals surface area contributed by atoms with Crippen LogP contribution in [-0.2, 0) is 0 Å². The number of benzene rings is 2. The highest BCUT2D eigenvalue weighted by molar-refractivity contribution is 9.10. The van der Waals surface area contributed by atoms with Crippen LogP contribution in [0.3, 0.4) is 0 Å². The zero-order chi connectivity index (χ0) is 20.3. The first-order valence-electron chi connectivity index (χ1n) is 8.26. The summed E-state index contributed by atoms with van der Waals surface area (Å²) in [4.78, 5) is 24.6. The summed E-state index contributed by atoms with van der Waals surface area (Å²) < 4.78 is 7.61. The second-order valence-corrected chi connectivity index (χ2v) is 7.76. The monoisotopic (exact) mass is 461 g/mol. The molecule has 0 N–H and O–H groups in total. The molecule has 0 bridgehead atoms. The van der Waals surface area contributed by atoms with Crippen LogP contribution in [0.4, 0.5) is 5.69 Å². The maximum Gasteiger partial charge on any atom is 0.285 e. The number of rotatable bonds is 6. The molecule has 0 saturated heterocycles. The summed E-state index contributed by atoms with van der Waals surface area (Å²) in [7, 11) is 0. The standard InChI is InChI=1S/C19H16BrN3O4S/c1-12-19(28-17-10-6-4-8-15(17)23(25)26)13(2)22(21-12)18(24)11-27-16-9-5-3-7-14(16)20/h3-10H,11H2,1-2H3. The fourth-order valence-electron chi connectivity index (χ4n) is 2.59. The van der Waals surface area contributed by atoms with E-state index in [0.29, 0.717) is 26.9 Å². The summed E-state index contributed by atoms with van der Waals surface area (Å²) in [5.74, 6) is 0.234. The van der Waals surface area contributed by atoms with Gasteiger partial charge in [0.2, 0.25) is 0 Å². The van der Waals surface area contributed by atoms with E-state index >= 15 is 0 Å². The van der Waals surface area contributed by atoms with E-state index in [2.05, 4.69) is 21.0 Å². The largest absolute Gasteiger partial charge is 0.483 e. The Kier molecular flexibility index (Phi) is 6.15. The zero-order valence-corrected chi connectivity index (χ0v) is 17.5. The van der Waals surface area contributed by atoms with Gasteiger partial charge in [0.05, 0.1) is 30.6 Å². The molecule has 0 atom stereocenters. The van der Waals surface area contributed by atoms with Crippen LogP contribution in [0.5, 0.6) is 5.75 Å². The number of hydrogen-bond donors (Lipinski definition) is 0. The topological polar surface area (TPSA) is 87.3 Å². The van der Waals surface area contributed by atoms with Crippen molar-refractivity contribution in [1.29, 1.82) is 0 Å². The van der Waals surface area contributed by atoms with Crippen LogP contribution in [0.15, 0.2) is 62.8 Å². The van der Waals surface area contributed by atoms with Crippen molar-refractivity contribution in [2.75, 3.05) is 6.61 Å². The number of ether oxygens (including phenoxy) is 1. The highest BCUT2D eigenvalue weighted by atomic mass is 79.9. The molecule has 0 saturated carbocycles. The highest BCUT2D eigenvalue weighted by Gasteiger charge is 2.21. The number of nitro benzene ring substituents is 1. The maximum atomic E-state index is 12.6. The van der Waals surface area contributed by atoms with Gasteiger partial charge in [-0.05, 0) is 48.0 Å². The van der Waals surface area contributed by atoms with Crippen molar-refractivity contribution in [3.8, 4) is 5.75 Å². The Labute approximate surface area is 174 Å². The Morgan fingerprint density at radius 1 is 1.21 bits per heavy atom. The quantitative estimate of drug-likeness (QED) is 0.377. The summed E-state index contributed by atoms with van der Waals surface area (Å²) in [5, 5.41) is 15.5. The maximum absolute atomic E-state index is 12.6. The van der Waals surface area contributed by atoms with E-state index in [9.17, 15) is 14.9 Å². The van der Waals surface area contributed by atoms with Crippen LogP contribution in [0.1, 0.15) is 16.2 Å². The molecule has 9 heteroatoms. The lowest BCUT2D eigenvalue weighted by Gasteiger charge is -2.08. The normalized spacial score (nSPS) is 10.7. The SMILES string of the molecule is Cc1nn(C(=O)COc2ccccc2Br)c(C)c1Sc1ccccc1[N+](=O)[O-]. The van der Waals surface area contributed by atoms with E-state index in [0.717, 1.165) is 4.47 Å². The molecule has 0 spiro atoms. The highest BCUT2D eigenvalue weighted by Crippen LogP contribution is 2.37. The average Bonchev–Trinajstić information content (AvgIpc) is 2.96. The Morgan fingerprint density at radius 2 is 1.89 bits per heavy atom. The molecule has 28 heavy (non-hydrogen) atoms. The summed E-state index contributed by atoms with van der Waals surface area (Å²) in [6.45, 7) is 3.34. The Balaban J connectivity index is 1.81. The minimum atomic E-state index is -0.422. The van der Waals surface area contributed by atoms with Crippen molar-refractivity contribution in [3.63, 3.8) is 0 Å². The van der Waals surface area contributed by atoms with E-state index in [1.807, 2.05) is 18.2 Å². The van der Waals surface area contributed by atoms with Gasteiger partial charge >= 0.3 is 0 Å². The van der Waals surface area contributed by atoms with Crippen molar-refractivity contribution in [3.05, 3.63) is 74.5 Å². The third-order valence-electron chi connectivity index (χ3n) is 3.92. The number of carbonyl (C=O) groups excluding carboxylic acids is 1. The summed E-state index contributed by atoms with van der Waals surface area (Å²) in [6.07, 6.45) is 0. The molecule has 3 aromatic rings. The Hall–Kier alpha value is -2.65. The fraction of sp³-hybridized carbons (Fsp3) is 0.158. The third kappa shape index (κ3) is 4.26. The predicted octanol–water partition coefficient (Wildman–Crippen LogP) is 5.04. The molecule has 0 aliphatic rings. The van der Waals surface area contributed by atoms with E-state index < -0.39 is 4.92 Å². The van der Waals surface area contributed by atoms with Crippen molar-refractivity contribution in [2.45, 2.75) is 23.6 Å². The molecule has 2 aromatic carbocycles. The first-order valence-corrected chi connectivity index (χ1v) is 9.87. The number of aromatic nitrogens is 2. The van der Waals surface area contributed by atoms with Crippen molar-refractivity contribution < 1.29 is 14.5 Å². The van der Waals surface area contributed by atoms with Gasteiger partial charge in [-0.2, -0.15) is 5.10 Å². The molecule has 3 rings (SSSR count). The molecule has 144 valence electrons. The molecule has 0 aliphatic heterocycles. The smallest absolute Gasteiger partial charge is 0.285 e. The zero-order valence-electron chi connectivity index (χ0n) is 15.1. The Bertz CT molecular complexity index is 1050. The van der Waals surface area contributed by atoms with Gasteiger partial charge < -0.3 is 4.74 Å². The summed E-state index contributed by atoms with van der Waals surface area (Å²) >= 11 is 4.60. The van der Waals surface area contributed by atoms with E-state index in [1.54, 1.807) is 38.1 Å². The Morgan fingerprint density at radius 3 is 2.61 bits per heavy atom. The lowest BCUT2D eigenvalue weighted by molar-refractivity contribution is -0.387. The predicted molar refractivity (Wildman–Crippen MR) is 109 cm³/mol. The van der Waals surface area contributed by atoms with E-state index in [-0.39, 0.29) is 18.2 Å². The second-order valence-electron chi connectivity index (χ2n) is 5.85. The van der Waals surface area contributed by atoms with Gasteiger partial charge in [-0.1, -0.05) is 36.0 Å². The molecular weight excluding hydrogens is 446 g/mol. The number of halogens is 1. The van der Waals surface area contributed by atoms with Crippen LogP contribution >= 0.6 is 27.7 Å². The molecule has 0 unspecified atom stereocenters. The van der Waals surface area contributed by atoms with Crippen LogP contribution in [-0.4, -0.2) is 27.2 Å². The van der Waals surface area contributed by atoms with Gasteiger partial charge in [0, 0.05) is 6.07 Å². The molecule has 0 radical (unpaired) electrons. The minimum Gasteiger partial charge on any atom is -0.483 e. The first kappa shape index (κ1) is 20.1. The van der Waals surface area contributed by atoms with Crippen molar-refractivity contribution in [2.24, 2.45) is 0 Å². The van der Waals surface area contributed by atoms with Gasteiger partial charge in [0.25, 0.3) is 11.6 Å². The number of aryl methyl sites for hydroxylation is 1. The summed E-state index contributed by atoms with van der Waals surface area (Å²) in [6, 6.07) is 13.7. The summed E-state index contributed by atoms with van der Waals surface area (Å²) in [5.41, 5.74) is 1.25. The lowest BCUT2D eigenvalue weighted by Crippen LogP contribution is -2.21. The molecular formula is C19H16BrN3O4S. The second kappa shape index (κ2) is 8.57. The molecule has 0 aliphatic carbocycles. The van der Waals surface area contributed by atoms with E-state index in [1.165, 1.54) is 22.5 Å². The number of nitrogens with zero attached hydrogens (tertiary/aromatic N) is 3. The van der Waals surface area contributed by atoms with Crippen LogP contribution < -0.4 is 4.74 Å². The van der Waals surface area contributed by atoms with Gasteiger partial charge in [-0.3, -0.25) is 14.9 Å². The molecule has 0 amide bonds. The number of para-hydroxylation sites is 2. The van der Waals surface area contributed by atoms with Crippen LogP contribution in [0.2, 0.25) is 0 Å². The number of nitro groups is 1. The first-order chi connectivity index (χ1) is 13.4. The van der Waals surface area contributed by atoms with Gasteiger partial charge in [0.15, 0.2) is 6.61 Å². The third-order valence-corrected chi connectivity index (χ3v) is 5.94. The van der Waals surface area contributed by atoms with Crippen molar-refractivity contribution in [1.82, 2.24) is 9.78 Å². The van der Waals surface area contributed by atoms with Crippen LogP contribution in [0, 0.1) is 24.0 Å². The molecule has 1 aromatic heterocycles. The molecule has 7 nitrogen and oxygen atoms in total. The van der Waals surface area contributed by atoms with E-state index in [4.69, 9.17) is 4.74 Å². The van der Waals surface area contributed by atoms with Gasteiger partial charge in [-0.25, -0.2) is 4.68 Å². The minimum absolute atomic E-state index is 0.0163. The van der Waals surface area contributed by atoms with Crippen LogP contribution in [0.25, 0.3) is 0 Å². The van der Waals surface area contributed by atoms with Gasteiger partial charge in [0.1, 0.15) is 5.75 Å². The number of hydrogen-bond acceptors (Lipinski definition) is 6. The molecule has 0 fully saturated rings. The fourth-order valence-corrected chi connectivity index (χ4v) is 4.02. The number of carbonyl (C=O) groups is 1. The van der Waals surface area contributed by atoms with Gasteiger partial charge in [-0.15, -0.1) is 0 Å². The average molecular weight is 462 g/mol. The van der Waals surface area contributed by atoms with Crippen molar-refractivity contribution >= 4 is 39.3 Å². The molecule has 1 heterocycles.